The summed E-state index contributed by atoms with van der Waals surface area (Å²) in [5.41, 5.74) is 1.77. The van der Waals surface area contributed by atoms with Gasteiger partial charge < -0.3 is 15.4 Å². The number of rotatable bonds is 7. The fraction of sp³-hybridized carbons (Fsp3) is 0.429. The molecule has 2 amide bonds. The number of sulfonamides is 1. The molecule has 0 saturated carbocycles. The number of pyridine rings is 1. The number of benzene rings is 1. The molecule has 0 aliphatic carbocycles. The van der Waals surface area contributed by atoms with Gasteiger partial charge in [0, 0.05) is 50.6 Å². The van der Waals surface area contributed by atoms with Crippen LogP contribution in [0.1, 0.15) is 11.3 Å². The molecule has 11 heteroatoms. The summed E-state index contributed by atoms with van der Waals surface area (Å²) in [6.07, 6.45) is 2.70. The number of nitrogens with one attached hydrogen (secondary N) is 2. The normalized spacial score (nSPS) is 17.8. The van der Waals surface area contributed by atoms with Gasteiger partial charge in [-0.15, -0.1) is 0 Å². The summed E-state index contributed by atoms with van der Waals surface area (Å²) in [6.45, 7) is 3.46. The third-order valence-corrected chi connectivity index (χ3v) is 6.53. The van der Waals surface area contributed by atoms with Gasteiger partial charge in [-0.25, -0.2) is 17.6 Å². The zero-order chi connectivity index (χ0) is 23.3. The quantitative estimate of drug-likeness (QED) is 0.650. The zero-order valence-electron chi connectivity index (χ0n) is 18.3. The molecule has 1 saturated heterocycles. The molecule has 1 aliphatic heterocycles. The van der Waals surface area contributed by atoms with Gasteiger partial charge in [0.2, 0.25) is 10.0 Å². The minimum Gasteiger partial charge on any atom is -0.383 e. The van der Waals surface area contributed by atoms with Crippen LogP contribution < -0.4 is 10.6 Å². The maximum absolute atomic E-state index is 15.1. The smallest absolute Gasteiger partial charge is 0.323 e. The standard InChI is InChI=1S/C21H28FN5O4S/c1-15-7-8-17(11-23-15)24-21(28)25-19-6-4-5-16(20(19)22)12-26-9-10-27(32(3,29)30)13-18(26)14-31-2/h4-8,11,18H,9-10,12-14H2,1-3H3,(H2,24,25,28)/t18-/m0/s1. The molecule has 2 heterocycles. The van der Waals surface area contributed by atoms with Crippen molar-refractivity contribution in [3.8, 4) is 0 Å². The third-order valence-electron chi connectivity index (χ3n) is 5.27. The molecule has 174 valence electrons. The van der Waals surface area contributed by atoms with Crippen LogP contribution in [0.4, 0.5) is 20.6 Å². The predicted octanol–water partition coefficient (Wildman–Crippen LogP) is 2.27. The van der Waals surface area contributed by atoms with Crippen LogP contribution in [-0.2, 0) is 21.3 Å². The average Bonchev–Trinajstić information content (AvgIpc) is 2.73. The fourth-order valence-electron chi connectivity index (χ4n) is 3.57. The van der Waals surface area contributed by atoms with Gasteiger partial charge in [0.05, 0.1) is 30.4 Å². The van der Waals surface area contributed by atoms with Gasteiger partial charge in [-0.3, -0.25) is 9.88 Å². The van der Waals surface area contributed by atoms with Crippen LogP contribution in [0.2, 0.25) is 0 Å². The Hall–Kier alpha value is -2.60. The van der Waals surface area contributed by atoms with Crippen molar-refractivity contribution in [2.45, 2.75) is 19.5 Å². The number of halogens is 1. The number of hydrogen-bond acceptors (Lipinski definition) is 6. The van der Waals surface area contributed by atoms with Crippen LogP contribution in [0.25, 0.3) is 0 Å². The monoisotopic (exact) mass is 465 g/mol. The van der Waals surface area contributed by atoms with E-state index in [1.807, 2.05) is 11.8 Å². The van der Waals surface area contributed by atoms with Gasteiger partial charge in [0.1, 0.15) is 0 Å². The van der Waals surface area contributed by atoms with Crippen LogP contribution in [-0.4, -0.2) is 74.3 Å². The number of piperazine rings is 1. The summed E-state index contributed by atoms with van der Waals surface area (Å²) < 4.78 is 45.6. The summed E-state index contributed by atoms with van der Waals surface area (Å²) >= 11 is 0. The van der Waals surface area contributed by atoms with Crippen LogP contribution in [0.5, 0.6) is 0 Å². The lowest BCUT2D eigenvalue weighted by Crippen LogP contribution is -2.55. The summed E-state index contributed by atoms with van der Waals surface area (Å²) in [5, 5.41) is 5.15. The van der Waals surface area contributed by atoms with E-state index in [9.17, 15) is 13.2 Å². The Morgan fingerprint density at radius 1 is 1.25 bits per heavy atom. The Balaban J connectivity index is 1.69. The first-order chi connectivity index (χ1) is 15.2. The average molecular weight is 466 g/mol. The minimum absolute atomic E-state index is 0.0538. The second-order valence-electron chi connectivity index (χ2n) is 7.75. The topological polar surface area (TPSA) is 104 Å². The number of methoxy groups -OCH3 is 1. The van der Waals surface area contributed by atoms with E-state index in [0.29, 0.717) is 30.9 Å². The summed E-state index contributed by atoms with van der Waals surface area (Å²) in [5.74, 6) is -0.536. The number of amides is 2. The number of hydrogen-bond donors (Lipinski definition) is 2. The van der Waals surface area contributed by atoms with Crippen molar-refractivity contribution in [2.75, 3.05) is 50.2 Å². The largest absolute Gasteiger partial charge is 0.383 e. The predicted molar refractivity (Wildman–Crippen MR) is 121 cm³/mol. The number of anilines is 2. The Kier molecular flexibility index (Phi) is 7.77. The number of carbonyl (C=O) groups excluding carboxylic acids is 1. The van der Waals surface area contributed by atoms with E-state index < -0.39 is 21.9 Å². The van der Waals surface area contributed by atoms with Crippen molar-refractivity contribution in [1.82, 2.24) is 14.2 Å². The highest BCUT2D eigenvalue weighted by Gasteiger charge is 2.31. The Morgan fingerprint density at radius 3 is 2.69 bits per heavy atom. The molecule has 0 unspecified atom stereocenters. The number of aromatic nitrogens is 1. The van der Waals surface area contributed by atoms with Gasteiger partial charge in [-0.05, 0) is 25.1 Å². The second kappa shape index (κ2) is 10.3. The number of aryl methyl sites for hydroxylation is 1. The molecule has 1 fully saturated rings. The van der Waals surface area contributed by atoms with Gasteiger partial charge in [0.15, 0.2) is 5.82 Å². The Labute approximate surface area is 187 Å². The van der Waals surface area contributed by atoms with E-state index in [4.69, 9.17) is 4.74 Å². The molecular formula is C21H28FN5O4S. The first-order valence-electron chi connectivity index (χ1n) is 10.1. The molecule has 32 heavy (non-hydrogen) atoms. The van der Waals surface area contributed by atoms with E-state index in [1.165, 1.54) is 22.8 Å². The molecular weight excluding hydrogens is 437 g/mol. The van der Waals surface area contributed by atoms with Gasteiger partial charge in [-0.1, -0.05) is 12.1 Å². The highest BCUT2D eigenvalue weighted by Crippen LogP contribution is 2.23. The van der Waals surface area contributed by atoms with Gasteiger partial charge in [-0.2, -0.15) is 4.31 Å². The van der Waals surface area contributed by atoms with E-state index in [-0.39, 0.29) is 24.8 Å². The molecule has 2 N–H and O–H groups in total. The number of carbonyl (C=O) groups is 1. The zero-order valence-corrected chi connectivity index (χ0v) is 19.2. The van der Waals surface area contributed by atoms with E-state index in [1.54, 1.807) is 31.4 Å². The summed E-state index contributed by atoms with van der Waals surface area (Å²) in [7, 11) is -1.77. The first kappa shape index (κ1) is 24.1. The molecule has 3 rings (SSSR count). The number of urea groups is 1. The molecule has 0 radical (unpaired) electrons. The summed E-state index contributed by atoms with van der Waals surface area (Å²) in [4.78, 5) is 18.4. The third kappa shape index (κ3) is 6.22. The van der Waals surface area contributed by atoms with Gasteiger partial charge in [0.25, 0.3) is 0 Å². The molecule has 1 aromatic carbocycles. The SMILES string of the molecule is COC[C@@H]1CN(S(C)(=O)=O)CCN1Cc1cccc(NC(=O)Nc2ccc(C)nc2)c1F. The van der Waals surface area contributed by atoms with Crippen LogP contribution >= 0.6 is 0 Å². The lowest BCUT2D eigenvalue weighted by atomic mass is 10.1. The maximum Gasteiger partial charge on any atom is 0.323 e. The molecule has 0 spiro atoms. The molecule has 1 aliphatic rings. The highest BCUT2D eigenvalue weighted by molar-refractivity contribution is 7.88. The Morgan fingerprint density at radius 2 is 2.03 bits per heavy atom. The van der Waals surface area contributed by atoms with E-state index in [2.05, 4.69) is 15.6 Å². The summed E-state index contributed by atoms with van der Waals surface area (Å²) in [6, 6.07) is 7.48. The molecule has 1 atom stereocenters. The molecule has 2 aromatic rings. The van der Waals surface area contributed by atoms with Crippen molar-refractivity contribution < 1.29 is 22.3 Å². The van der Waals surface area contributed by atoms with E-state index >= 15 is 4.39 Å². The maximum atomic E-state index is 15.1. The van der Waals surface area contributed by atoms with Crippen LogP contribution in [0.15, 0.2) is 36.5 Å². The Bertz CT molecular complexity index is 1050. The van der Waals surface area contributed by atoms with Crippen molar-refractivity contribution in [3.05, 3.63) is 53.6 Å². The van der Waals surface area contributed by atoms with E-state index in [0.717, 1.165) is 5.69 Å². The van der Waals surface area contributed by atoms with Crippen molar-refractivity contribution in [3.63, 3.8) is 0 Å². The first-order valence-corrected chi connectivity index (χ1v) is 12.0. The number of nitrogens with zero attached hydrogens (tertiary/aromatic N) is 3. The minimum atomic E-state index is -3.31. The lowest BCUT2D eigenvalue weighted by molar-refractivity contribution is 0.0452. The highest BCUT2D eigenvalue weighted by atomic mass is 32.2. The van der Waals surface area contributed by atoms with Crippen LogP contribution in [0, 0.1) is 12.7 Å². The van der Waals surface area contributed by atoms with Gasteiger partial charge >= 0.3 is 6.03 Å². The number of ether oxygens (including phenoxy) is 1. The molecule has 0 bridgehead atoms. The fourth-order valence-corrected chi connectivity index (χ4v) is 4.42. The van der Waals surface area contributed by atoms with Crippen molar-refractivity contribution in [1.29, 1.82) is 0 Å². The lowest BCUT2D eigenvalue weighted by Gasteiger charge is -2.40. The van der Waals surface area contributed by atoms with Crippen LogP contribution in [0.3, 0.4) is 0 Å². The van der Waals surface area contributed by atoms with Crippen molar-refractivity contribution >= 4 is 27.4 Å². The second-order valence-corrected chi connectivity index (χ2v) is 9.73. The van der Waals surface area contributed by atoms with Crippen molar-refractivity contribution in [2.24, 2.45) is 0 Å². The molecule has 9 nitrogen and oxygen atoms in total. The molecule has 1 aromatic heterocycles.